The van der Waals surface area contributed by atoms with Gasteiger partial charge in [-0.2, -0.15) is 0 Å². The number of aliphatic carboxylic acids is 1. The number of likely N-dealkylation sites (N-methyl/N-ethyl adjacent to an activating group) is 1. The predicted octanol–water partition coefficient (Wildman–Crippen LogP) is -0.373. The van der Waals surface area contributed by atoms with E-state index in [9.17, 15) is 14.4 Å². The smallest absolute Gasteiger partial charge is 0.315 e. The molecule has 0 aromatic heterocycles. The van der Waals surface area contributed by atoms with Crippen molar-refractivity contribution in [2.75, 3.05) is 20.6 Å². The first kappa shape index (κ1) is 14.3. The van der Waals surface area contributed by atoms with Gasteiger partial charge in [-0.05, 0) is 18.8 Å². The number of rotatable bonds is 6. The molecule has 0 radical (unpaired) electrons. The van der Waals surface area contributed by atoms with Crippen molar-refractivity contribution in [1.82, 2.24) is 15.5 Å². The molecule has 7 heteroatoms. The van der Waals surface area contributed by atoms with Crippen LogP contribution in [0.3, 0.4) is 0 Å². The average Bonchev–Trinajstić information content (AvgIpc) is 3.07. The lowest BCUT2D eigenvalue weighted by Crippen LogP contribution is -2.46. The summed E-state index contributed by atoms with van der Waals surface area (Å²) in [6.45, 7) is -0.0940. The van der Waals surface area contributed by atoms with Crippen molar-refractivity contribution in [3.63, 3.8) is 0 Å². The molecule has 0 bridgehead atoms. The van der Waals surface area contributed by atoms with Gasteiger partial charge < -0.3 is 20.6 Å². The summed E-state index contributed by atoms with van der Waals surface area (Å²) in [5, 5.41) is 13.8. The molecule has 1 unspecified atom stereocenters. The van der Waals surface area contributed by atoms with Gasteiger partial charge in [-0.1, -0.05) is 0 Å². The highest BCUT2D eigenvalue weighted by molar-refractivity contribution is 5.84. The van der Waals surface area contributed by atoms with Crippen LogP contribution in [0.1, 0.15) is 19.3 Å². The number of nitrogens with zero attached hydrogens (tertiary/aromatic N) is 1. The van der Waals surface area contributed by atoms with Crippen molar-refractivity contribution in [2.24, 2.45) is 5.92 Å². The molecule has 1 aliphatic rings. The van der Waals surface area contributed by atoms with Crippen LogP contribution in [-0.2, 0) is 9.59 Å². The summed E-state index contributed by atoms with van der Waals surface area (Å²) in [6, 6.07) is -0.847. The Balaban J connectivity index is 2.32. The second kappa shape index (κ2) is 6.23. The molecule has 0 aromatic carbocycles. The van der Waals surface area contributed by atoms with Crippen LogP contribution >= 0.6 is 0 Å². The Morgan fingerprint density at radius 3 is 2.39 bits per heavy atom. The number of amides is 3. The maximum absolute atomic E-state index is 11.5. The second-order valence-corrected chi connectivity index (χ2v) is 4.66. The topological polar surface area (TPSA) is 98.7 Å². The molecule has 1 saturated carbocycles. The van der Waals surface area contributed by atoms with Crippen LogP contribution in [0, 0.1) is 5.92 Å². The highest BCUT2D eigenvalue weighted by Gasteiger charge is 2.33. The molecule has 18 heavy (non-hydrogen) atoms. The molecule has 1 aliphatic carbocycles. The monoisotopic (exact) mass is 257 g/mol. The molecule has 102 valence electrons. The fourth-order valence-corrected chi connectivity index (χ4v) is 1.56. The SMILES string of the molecule is CN(C)C(=O)CNC(=O)NC(CC(=O)O)C1CC1. The first-order valence-electron chi connectivity index (χ1n) is 5.86. The van der Waals surface area contributed by atoms with Gasteiger partial charge in [0.2, 0.25) is 5.91 Å². The molecule has 1 fully saturated rings. The Morgan fingerprint density at radius 2 is 1.94 bits per heavy atom. The Kier molecular flexibility index (Phi) is 4.94. The van der Waals surface area contributed by atoms with Gasteiger partial charge in [-0.25, -0.2) is 4.79 Å². The first-order chi connectivity index (χ1) is 8.40. The van der Waals surface area contributed by atoms with Crippen LogP contribution in [0.15, 0.2) is 0 Å². The Bertz CT molecular complexity index is 339. The molecule has 0 heterocycles. The van der Waals surface area contributed by atoms with Crippen LogP contribution < -0.4 is 10.6 Å². The van der Waals surface area contributed by atoms with Crippen LogP contribution in [0.2, 0.25) is 0 Å². The Hall–Kier alpha value is -1.79. The molecule has 7 nitrogen and oxygen atoms in total. The molecule has 1 atom stereocenters. The van der Waals surface area contributed by atoms with Crippen LogP contribution in [0.4, 0.5) is 4.79 Å². The zero-order chi connectivity index (χ0) is 13.7. The fourth-order valence-electron chi connectivity index (χ4n) is 1.56. The standard InChI is InChI=1S/C11H19N3O4/c1-14(2)9(15)6-12-11(18)13-8(5-10(16)17)7-3-4-7/h7-8H,3-6H2,1-2H3,(H,16,17)(H2,12,13,18). The zero-order valence-electron chi connectivity index (χ0n) is 10.6. The van der Waals surface area contributed by atoms with Crippen molar-refractivity contribution in [3.05, 3.63) is 0 Å². The van der Waals surface area contributed by atoms with Crippen LogP contribution in [0.5, 0.6) is 0 Å². The largest absolute Gasteiger partial charge is 0.481 e. The maximum atomic E-state index is 11.5. The van der Waals surface area contributed by atoms with E-state index in [0.717, 1.165) is 12.8 Å². The number of carbonyl (C=O) groups excluding carboxylic acids is 2. The number of hydrogen-bond acceptors (Lipinski definition) is 3. The molecule has 3 N–H and O–H groups in total. The van der Waals surface area contributed by atoms with E-state index in [0.29, 0.717) is 0 Å². The minimum atomic E-state index is -0.934. The summed E-state index contributed by atoms with van der Waals surface area (Å²) in [6.07, 6.45) is 1.80. The number of nitrogens with one attached hydrogen (secondary N) is 2. The summed E-state index contributed by atoms with van der Waals surface area (Å²) >= 11 is 0. The highest BCUT2D eigenvalue weighted by atomic mass is 16.4. The lowest BCUT2D eigenvalue weighted by molar-refractivity contribution is -0.137. The van der Waals surface area contributed by atoms with Crippen molar-refractivity contribution in [3.8, 4) is 0 Å². The summed E-state index contributed by atoms with van der Waals surface area (Å²) in [5.41, 5.74) is 0. The van der Waals surface area contributed by atoms with Gasteiger partial charge >= 0.3 is 12.0 Å². The molecule has 0 saturated heterocycles. The van der Waals surface area contributed by atoms with Gasteiger partial charge in [0.25, 0.3) is 0 Å². The highest BCUT2D eigenvalue weighted by Crippen LogP contribution is 2.33. The molecule has 0 aromatic rings. The van der Waals surface area contributed by atoms with E-state index in [2.05, 4.69) is 10.6 Å². The van der Waals surface area contributed by atoms with Gasteiger partial charge in [0.1, 0.15) is 0 Å². The minimum absolute atomic E-state index is 0.0836. The lowest BCUT2D eigenvalue weighted by atomic mass is 10.1. The summed E-state index contributed by atoms with van der Waals surface area (Å²) in [7, 11) is 3.19. The number of carbonyl (C=O) groups is 3. The van der Waals surface area contributed by atoms with E-state index in [1.165, 1.54) is 4.90 Å². The van der Waals surface area contributed by atoms with Crippen LogP contribution in [-0.4, -0.2) is 54.6 Å². The molecular weight excluding hydrogens is 238 g/mol. The molecule has 0 spiro atoms. The van der Waals surface area contributed by atoms with Crippen LogP contribution in [0.25, 0.3) is 0 Å². The van der Waals surface area contributed by atoms with Gasteiger partial charge in [0.05, 0.1) is 13.0 Å². The molecular formula is C11H19N3O4. The van der Waals surface area contributed by atoms with Gasteiger partial charge in [-0.3, -0.25) is 9.59 Å². The van der Waals surface area contributed by atoms with E-state index in [1.54, 1.807) is 14.1 Å². The maximum Gasteiger partial charge on any atom is 0.315 e. The van der Waals surface area contributed by atoms with E-state index < -0.39 is 12.0 Å². The molecule has 1 rings (SSSR count). The number of carboxylic acid groups (broad SMARTS) is 1. The van der Waals surface area contributed by atoms with E-state index >= 15 is 0 Å². The van der Waals surface area contributed by atoms with Gasteiger partial charge in [-0.15, -0.1) is 0 Å². The molecule has 0 aliphatic heterocycles. The number of hydrogen-bond donors (Lipinski definition) is 3. The predicted molar refractivity (Wildman–Crippen MR) is 64.0 cm³/mol. The minimum Gasteiger partial charge on any atom is -0.481 e. The zero-order valence-corrected chi connectivity index (χ0v) is 10.6. The normalized spacial score (nSPS) is 15.7. The van der Waals surface area contributed by atoms with E-state index in [-0.39, 0.29) is 30.8 Å². The van der Waals surface area contributed by atoms with Crippen molar-refractivity contribution >= 4 is 17.9 Å². The fraction of sp³-hybridized carbons (Fsp3) is 0.727. The van der Waals surface area contributed by atoms with Crippen molar-refractivity contribution in [2.45, 2.75) is 25.3 Å². The number of carboxylic acids is 1. The Morgan fingerprint density at radius 1 is 1.33 bits per heavy atom. The average molecular weight is 257 g/mol. The van der Waals surface area contributed by atoms with E-state index in [4.69, 9.17) is 5.11 Å². The quantitative estimate of drug-likeness (QED) is 0.604. The second-order valence-electron chi connectivity index (χ2n) is 4.66. The third-order valence-electron chi connectivity index (χ3n) is 2.80. The first-order valence-corrected chi connectivity index (χ1v) is 5.86. The summed E-state index contributed by atoms with van der Waals surface area (Å²) < 4.78 is 0. The van der Waals surface area contributed by atoms with Gasteiger partial charge in [0.15, 0.2) is 0 Å². The summed E-state index contributed by atoms with van der Waals surface area (Å²) in [5.74, 6) is -0.903. The van der Waals surface area contributed by atoms with Crippen molar-refractivity contribution in [1.29, 1.82) is 0 Å². The third kappa shape index (κ3) is 5.03. The summed E-state index contributed by atoms with van der Waals surface area (Å²) in [4.78, 5) is 34.8. The molecule has 3 amide bonds. The lowest BCUT2D eigenvalue weighted by Gasteiger charge is -2.17. The number of urea groups is 1. The third-order valence-corrected chi connectivity index (χ3v) is 2.80. The van der Waals surface area contributed by atoms with Crippen molar-refractivity contribution < 1.29 is 19.5 Å². The van der Waals surface area contributed by atoms with Gasteiger partial charge in [0, 0.05) is 20.1 Å². The Labute approximate surface area is 106 Å². The van der Waals surface area contributed by atoms with E-state index in [1.807, 2.05) is 0 Å².